The summed E-state index contributed by atoms with van der Waals surface area (Å²) in [6.45, 7) is 2.48. The Morgan fingerprint density at radius 2 is 2.27 bits per heavy atom. The van der Waals surface area contributed by atoms with Crippen LogP contribution in [0.4, 0.5) is 5.82 Å². The average Bonchev–Trinajstić information content (AvgIpc) is 2.62. The molecule has 0 atom stereocenters. The third kappa shape index (κ3) is 2.70. The first-order valence-electron chi connectivity index (χ1n) is 4.51. The molecule has 0 radical (unpaired) electrons. The first kappa shape index (κ1) is 9.98. The molecule has 0 amide bonds. The molecule has 2 heterocycles. The second kappa shape index (κ2) is 4.31. The number of furan rings is 1. The summed E-state index contributed by atoms with van der Waals surface area (Å²) in [4.78, 5) is 7.96. The van der Waals surface area contributed by atoms with Gasteiger partial charge in [-0.3, -0.25) is 4.98 Å². The number of nitrogens with zero attached hydrogens (tertiary/aromatic N) is 2. The fraction of sp³-hybridized carbons (Fsp3) is 0.200. The summed E-state index contributed by atoms with van der Waals surface area (Å²) in [5.74, 6) is 2.38. The van der Waals surface area contributed by atoms with E-state index in [9.17, 15) is 0 Å². The molecule has 0 aliphatic carbocycles. The molecule has 2 rings (SSSR count). The summed E-state index contributed by atoms with van der Waals surface area (Å²) in [5, 5.41) is 3.43. The molecular formula is C10H10ClN3O. The lowest BCUT2D eigenvalue weighted by Gasteiger charge is -2.02. The summed E-state index contributed by atoms with van der Waals surface area (Å²) < 4.78 is 5.39. The van der Waals surface area contributed by atoms with Crippen molar-refractivity contribution in [3.8, 4) is 0 Å². The molecule has 0 saturated heterocycles. The molecule has 1 N–H and O–H groups in total. The van der Waals surface area contributed by atoms with Gasteiger partial charge in [0.2, 0.25) is 0 Å². The van der Waals surface area contributed by atoms with Gasteiger partial charge < -0.3 is 9.73 Å². The van der Waals surface area contributed by atoms with Crippen LogP contribution in [0.2, 0.25) is 5.15 Å². The Labute approximate surface area is 92.3 Å². The molecular weight excluding hydrogens is 214 g/mol. The van der Waals surface area contributed by atoms with E-state index in [-0.39, 0.29) is 0 Å². The van der Waals surface area contributed by atoms with Gasteiger partial charge in [-0.2, -0.15) is 0 Å². The number of aromatic nitrogens is 2. The lowest BCUT2D eigenvalue weighted by Crippen LogP contribution is -2.00. The van der Waals surface area contributed by atoms with Gasteiger partial charge in [0, 0.05) is 0 Å². The number of hydrogen-bond acceptors (Lipinski definition) is 4. The van der Waals surface area contributed by atoms with Gasteiger partial charge in [-0.15, -0.1) is 0 Å². The van der Waals surface area contributed by atoms with Crippen LogP contribution in [0.3, 0.4) is 0 Å². The second-order valence-electron chi connectivity index (χ2n) is 3.09. The second-order valence-corrected chi connectivity index (χ2v) is 3.48. The highest BCUT2D eigenvalue weighted by Gasteiger charge is 1.99. The van der Waals surface area contributed by atoms with Crippen LogP contribution >= 0.6 is 11.6 Å². The van der Waals surface area contributed by atoms with Crippen LogP contribution < -0.4 is 5.32 Å². The highest BCUT2D eigenvalue weighted by Crippen LogP contribution is 2.10. The van der Waals surface area contributed by atoms with E-state index in [4.69, 9.17) is 16.0 Å². The van der Waals surface area contributed by atoms with Crippen molar-refractivity contribution in [2.45, 2.75) is 13.5 Å². The van der Waals surface area contributed by atoms with Crippen LogP contribution in [-0.4, -0.2) is 9.97 Å². The molecule has 2 aromatic rings. The Balaban J connectivity index is 1.99. The Morgan fingerprint density at radius 3 is 2.93 bits per heavy atom. The molecule has 2 aromatic heterocycles. The van der Waals surface area contributed by atoms with Crippen LogP contribution in [0.1, 0.15) is 11.5 Å². The predicted octanol–water partition coefficient (Wildman–Crippen LogP) is 2.64. The molecule has 0 fully saturated rings. The van der Waals surface area contributed by atoms with E-state index in [1.165, 1.54) is 6.20 Å². The summed E-state index contributed by atoms with van der Waals surface area (Å²) in [7, 11) is 0. The Hall–Kier alpha value is -1.55. The van der Waals surface area contributed by atoms with Gasteiger partial charge in [0.25, 0.3) is 0 Å². The van der Waals surface area contributed by atoms with Crippen LogP contribution in [0.15, 0.2) is 28.9 Å². The van der Waals surface area contributed by atoms with Crippen molar-refractivity contribution in [1.29, 1.82) is 0 Å². The maximum Gasteiger partial charge on any atom is 0.149 e. The predicted molar refractivity (Wildman–Crippen MR) is 57.8 cm³/mol. The summed E-state index contributed by atoms with van der Waals surface area (Å²) in [6.07, 6.45) is 3.10. The van der Waals surface area contributed by atoms with Gasteiger partial charge >= 0.3 is 0 Å². The Kier molecular flexibility index (Phi) is 2.87. The summed E-state index contributed by atoms with van der Waals surface area (Å²) >= 11 is 5.69. The maximum absolute atomic E-state index is 5.69. The number of rotatable bonds is 3. The molecule has 0 aliphatic heterocycles. The quantitative estimate of drug-likeness (QED) is 0.869. The smallest absolute Gasteiger partial charge is 0.149 e. The highest BCUT2D eigenvalue weighted by atomic mass is 35.5. The van der Waals surface area contributed by atoms with Crippen molar-refractivity contribution in [2.24, 2.45) is 0 Å². The van der Waals surface area contributed by atoms with E-state index < -0.39 is 0 Å². The van der Waals surface area contributed by atoms with Crippen LogP contribution in [0, 0.1) is 6.92 Å². The zero-order valence-electron chi connectivity index (χ0n) is 8.20. The monoisotopic (exact) mass is 223 g/mol. The molecule has 0 saturated carbocycles. The maximum atomic E-state index is 5.69. The number of halogens is 1. The standard InChI is InChI=1S/C10H10ClN3O/c1-7-2-3-8(15-7)4-13-10-6-12-5-9(11)14-10/h2-3,5-6H,4H2,1H3,(H,13,14). The molecule has 4 nitrogen and oxygen atoms in total. The first-order valence-corrected chi connectivity index (χ1v) is 4.88. The SMILES string of the molecule is Cc1ccc(CNc2cncc(Cl)n2)o1. The Morgan fingerprint density at radius 1 is 1.40 bits per heavy atom. The number of hydrogen-bond donors (Lipinski definition) is 1. The van der Waals surface area contributed by atoms with E-state index >= 15 is 0 Å². The van der Waals surface area contributed by atoms with Gasteiger partial charge in [-0.1, -0.05) is 11.6 Å². The van der Waals surface area contributed by atoms with Gasteiger partial charge in [0.1, 0.15) is 22.5 Å². The van der Waals surface area contributed by atoms with Gasteiger partial charge in [0.15, 0.2) is 0 Å². The third-order valence-electron chi connectivity index (χ3n) is 1.84. The molecule has 5 heteroatoms. The zero-order valence-corrected chi connectivity index (χ0v) is 8.95. The lowest BCUT2D eigenvalue weighted by molar-refractivity contribution is 0.490. The van der Waals surface area contributed by atoms with E-state index in [1.807, 2.05) is 19.1 Å². The van der Waals surface area contributed by atoms with Crippen LogP contribution in [-0.2, 0) is 6.54 Å². The molecule has 0 bridgehead atoms. The number of anilines is 1. The highest BCUT2D eigenvalue weighted by molar-refractivity contribution is 6.29. The Bertz CT molecular complexity index is 455. The van der Waals surface area contributed by atoms with Gasteiger partial charge in [0.05, 0.1) is 18.9 Å². The minimum atomic E-state index is 0.371. The molecule has 0 aromatic carbocycles. The third-order valence-corrected chi connectivity index (χ3v) is 2.03. The topological polar surface area (TPSA) is 51.0 Å². The van der Waals surface area contributed by atoms with Crippen molar-refractivity contribution in [3.05, 3.63) is 41.2 Å². The van der Waals surface area contributed by atoms with E-state index in [0.29, 0.717) is 17.5 Å². The number of nitrogens with one attached hydrogen (secondary N) is 1. The molecule has 0 unspecified atom stereocenters. The lowest BCUT2D eigenvalue weighted by atomic mass is 10.4. The van der Waals surface area contributed by atoms with Crippen LogP contribution in [0.5, 0.6) is 0 Å². The molecule has 0 aliphatic rings. The minimum Gasteiger partial charge on any atom is -0.465 e. The van der Waals surface area contributed by atoms with Crippen molar-refractivity contribution in [2.75, 3.05) is 5.32 Å². The van der Waals surface area contributed by atoms with Crippen molar-refractivity contribution < 1.29 is 4.42 Å². The average molecular weight is 224 g/mol. The molecule has 15 heavy (non-hydrogen) atoms. The zero-order chi connectivity index (χ0) is 10.7. The normalized spacial score (nSPS) is 10.3. The fourth-order valence-electron chi connectivity index (χ4n) is 1.19. The molecule has 78 valence electrons. The molecule has 0 spiro atoms. The van der Waals surface area contributed by atoms with Crippen molar-refractivity contribution in [1.82, 2.24) is 9.97 Å². The van der Waals surface area contributed by atoms with Gasteiger partial charge in [-0.05, 0) is 19.1 Å². The largest absolute Gasteiger partial charge is 0.465 e. The van der Waals surface area contributed by atoms with E-state index in [2.05, 4.69) is 15.3 Å². The van der Waals surface area contributed by atoms with E-state index in [0.717, 1.165) is 11.5 Å². The van der Waals surface area contributed by atoms with E-state index in [1.54, 1.807) is 6.20 Å². The van der Waals surface area contributed by atoms with Crippen molar-refractivity contribution in [3.63, 3.8) is 0 Å². The number of aryl methyl sites for hydroxylation is 1. The fourth-order valence-corrected chi connectivity index (χ4v) is 1.33. The summed E-state index contributed by atoms with van der Waals surface area (Å²) in [5.41, 5.74) is 0. The summed E-state index contributed by atoms with van der Waals surface area (Å²) in [6, 6.07) is 3.83. The minimum absolute atomic E-state index is 0.371. The van der Waals surface area contributed by atoms with Crippen LogP contribution in [0.25, 0.3) is 0 Å². The van der Waals surface area contributed by atoms with Crippen molar-refractivity contribution >= 4 is 17.4 Å². The first-order chi connectivity index (χ1) is 7.24. The van der Waals surface area contributed by atoms with Gasteiger partial charge in [-0.25, -0.2) is 4.98 Å².